The van der Waals surface area contributed by atoms with Crippen LogP contribution in [0.4, 0.5) is 9.18 Å². The van der Waals surface area contributed by atoms with Crippen molar-refractivity contribution in [2.45, 2.75) is 38.9 Å². The van der Waals surface area contributed by atoms with Crippen molar-refractivity contribution in [3.05, 3.63) is 71.0 Å². The van der Waals surface area contributed by atoms with Crippen molar-refractivity contribution in [1.82, 2.24) is 15.5 Å². The number of hydrogen-bond donors (Lipinski definition) is 2. The number of carbonyl (C=O) groups excluding carboxylic acids is 2. The summed E-state index contributed by atoms with van der Waals surface area (Å²) in [6.45, 7) is 2.56. The van der Waals surface area contributed by atoms with Crippen LogP contribution in [0.1, 0.15) is 36.5 Å². The lowest BCUT2D eigenvalue weighted by atomic mass is 10.1. The molecule has 2 aromatic rings. The number of nitrogens with zero attached hydrogens (tertiary/aromatic N) is 2. The number of benzene rings is 2. The molecule has 1 unspecified atom stereocenters. The summed E-state index contributed by atoms with van der Waals surface area (Å²) in [6, 6.07) is 13.8. The van der Waals surface area contributed by atoms with Gasteiger partial charge in [-0.05, 0) is 41.8 Å². The van der Waals surface area contributed by atoms with Gasteiger partial charge in [-0.2, -0.15) is 5.26 Å². The standard InChI is InChI=1S/C22H25FN4O2/c1-3-4-20(26-22(29)25-14-17-9-11-19(23)12-10-17)21(28)27(2)15-18-7-5-16(13-24)6-8-18/h5-12,20H,3-4,14-15H2,1-2H3,(H2,25,26,29). The van der Waals surface area contributed by atoms with Crippen LogP contribution in [-0.4, -0.2) is 29.9 Å². The summed E-state index contributed by atoms with van der Waals surface area (Å²) in [4.78, 5) is 26.6. The largest absolute Gasteiger partial charge is 0.340 e. The maximum Gasteiger partial charge on any atom is 0.315 e. The third kappa shape index (κ3) is 6.92. The molecule has 7 heteroatoms. The van der Waals surface area contributed by atoms with Crippen molar-refractivity contribution in [1.29, 1.82) is 5.26 Å². The predicted octanol–water partition coefficient (Wildman–Crippen LogP) is 3.32. The molecule has 6 nitrogen and oxygen atoms in total. The number of carbonyl (C=O) groups is 2. The van der Waals surface area contributed by atoms with Gasteiger partial charge in [-0.1, -0.05) is 37.6 Å². The topological polar surface area (TPSA) is 85.2 Å². The van der Waals surface area contributed by atoms with Gasteiger partial charge in [0, 0.05) is 20.1 Å². The molecular weight excluding hydrogens is 371 g/mol. The fourth-order valence-electron chi connectivity index (χ4n) is 2.84. The molecule has 152 valence electrons. The van der Waals surface area contributed by atoms with Gasteiger partial charge in [-0.25, -0.2) is 9.18 Å². The molecule has 29 heavy (non-hydrogen) atoms. The minimum Gasteiger partial charge on any atom is -0.340 e. The lowest BCUT2D eigenvalue weighted by Crippen LogP contribution is -2.50. The Kier molecular flexibility index (Phi) is 8.16. The van der Waals surface area contributed by atoms with Gasteiger partial charge in [0.05, 0.1) is 11.6 Å². The van der Waals surface area contributed by atoms with Crippen molar-refractivity contribution in [3.63, 3.8) is 0 Å². The van der Waals surface area contributed by atoms with Crippen LogP contribution in [0, 0.1) is 17.1 Å². The fourth-order valence-corrected chi connectivity index (χ4v) is 2.84. The van der Waals surface area contributed by atoms with E-state index in [0.717, 1.165) is 17.5 Å². The van der Waals surface area contributed by atoms with Crippen molar-refractivity contribution < 1.29 is 14.0 Å². The van der Waals surface area contributed by atoms with E-state index < -0.39 is 12.1 Å². The molecule has 0 fully saturated rings. The van der Waals surface area contributed by atoms with Crippen LogP contribution in [-0.2, 0) is 17.9 Å². The predicted molar refractivity (Wildman–Crippen MR) is 108 cm³/mol. The number of likely N-dealkylation sites (N-methyl/N-ethyl adjacent to an activating group) is 1. The Morgan fingerprint density at radius 2 is 1.72 bits per heavy atom. The zero-order chi connectivity index (χ0) is 21.2. The lowest BCUT2D eigenvalue weighted by molar-refractivity contribution is -0.132. The maximum absolute atomic E-state index is 12.9. The average molecular weight is 396 g/mol. The Morgan fingerprint density at radius 1 is 1.10 bits per heavy atom. The molecule has 0 saturated carbocycles. The SMILES string of the molecule is CCCC(NC(=O)NCc1ccc(F)cc1)C(=O)N(C)Cc1ccc(C#N)cc1. The van der Waals surface area contributed by atoms with Crippen LogP contribution in [0.3, 0.4) is 0 Å². The number of nitriles is 1. The van der Waals surface area contributed by atoms with Crippen LogP contribution in [0.2, 0.25) is 0 Å². The third-order valence-electron chi connectivity index (χ3n) is 4.43. The van der Waals surface area contributed by atoms with Crippen LogP contribution in [0.25, 0.3) is 0 Å². The van der Waals surface area contributed by atoms with Crippen LogP contribution in [0.5, 0.6) is 0 Å². The van der Waals surface area contributed by atoms with Gasteiger partial charge >= 0.3 is 6.03 Å². The zero-order valence-electron chi connectivity index (χ0n) is 16.6. The minimum absolute atomic E-state index is 0.187. The van der Waals surface area contributed by atoms with E-state index in [0.29, 0.717) is 18.5 Å². The Bertz CT molecular complexity index is 860. The molecule has 0 aromatic heterocycles. The molecule has 0 bridgehead atoms. The van der Waals surface area contributed by atoms with Crippen molar-refractivity contribution in [3.8, 4) is 6.07 Å². The first-order valence-corrected chi connectivity index (χ1v) is 9.45. The monoisotopic (exact) mass is 396 g/mol. The molecule has 0 radical (unpaired) electrons. The number of halogens is 1. The lowest BCUT2D eigenvalue weighted by Gasteiger charge is -2.24. The normalized spacial score (nSPS) is 11.2. The van der Waals surface area contributed by atoms with E-state index in [1.807, 2.05) is 6.92 Å². The van der Waals surface area contributed by atoms with E-state index >= 15 is 0 Å². The Morgan fingerprint density at radius 3 is 2.31 bits per heavy atom. The van der Waals surface area contributed by atoms with E-state index in [2.05, 4.69) is 16.7 Å². The summed E-state index contributed by atoms with van der Waals surface area (Å²) < 4.78 is 12.9. The maximum atomic E-state index is 12.9. The molecule has 0 spiro atoms. The van der Waals surface area contributed by atoms with E-state index in [4.69, 9.17) is 5.26 Å². The second-order valence-corrected chi connectivity index (χ2v) is 6.80. The fraction of sp³-hybridized carbons (Fsp3) is 0.318. The molecule has 2 aromatic carbocycles. The molecule has 1 atom stereocenters. The highest BCUT2D eigenvalue weighted by atomic mass is 19.1. The molecule has 0 aliphatic heterocycles. The average Bonchev–Trinajstić information content (AvgIpc) is 2.73. The summed E-state index contributed by atoms with van der Waals surface area (Å²) in [5, 5.41) is 14.3. The van der Waals surface area contributed by atoms with Gasteiger partial charge < -0.3 is 15.5 Å². The minimum atomic E-state index is -0.642. The summed E-state index contributed by atoms with van der Waals surface area (Å²) in [5.74, 6) is -0.523. The van der Waals surface area contributed by atoms with Gasteiger partial charge in [0.2, 0.25) is 5.91 Å². The van der Waals surface area contributed by atoms with Crippen LogP contribution in [0.15, 0.2) is 48.5 Å². The number of rotatable bonds is 8. The highest BCUT2D eigenvalue weighted by molar-refractivity contribution is 5.86. The third-order valence-corrected chi connectivity index (χ3v) is 4.43. The molecule has 2 rings (SSSR count). The number of amides is 3. The second-order valence-electron chi connectivity index (χ2n) is 6.80. The first kappa shape index (κ1) is 21.9. The highest BCUT2D eigenvalue weighted by Gasteiger charge is 2.23. The van der Waals surface area contributed by atoms with Gasteiger partial charge in [-0.15, -0.1) is 0 Å². The Labute approximate surface area is 170 Å². The summed E-state index contributed by atoms with van der Waals surface area (Å²) in [5.41, 5.74) is 2.22. The van der Waals surface area contributed by atoms with Crippen LogP contribution < -0.4 is 10.6 Å². The van der Waals surface area contributed by atoms with Crippen LogP contribution >= 0.6 is 0 Å². The van der Waals surface area contributed by atoms with Crippen molar-refractivity contribution in [2.24, 2.45) is 0 Å². The van der Waals surface area contributed by atoms with E-state index in [1.165, 1.54) is 12.1 Å². The molecular formula is C22H25FN4O2. The molecule has 2 N–H and O–H groups in total. The molecule has 0 aliphatic carbocycles. The molecule has 0 saturated heterocycles. The molecule has 0 heterocycles. The number of urea groups is 1. The summed E-state index contributed by atoms with van der Waals surface area (Å²) in [6.07, 6.45) is 1.25. The Hall–Kier alpha value is -3.40. The quantitative estimate of drug-likeness (QED) is 0.718. The van der Waals surface area contributed by atoms with Gasteiger partial charge in [0.1, 0.15) is 11.9 Å². The van der Waals surface area contributed by atoms with Gasteiger partial charge in [0.25, 0.3) is 0 Å². The van der Waals surface area contributed by atoms with Gasteiger partial charge in [0.15, 0.2) is 0 Å². The first-order chi connectivity index (χ1) is 13.9. The summed E-state index contributed by atoms with van der Waals surface area (Å²) >= 11 is 0. The van der Waals surface area contributed by atoms with E-state index in [9.17, 15) is 14.0 Å². The number of nitrogens with one attached hydrogen (secondary N) is 2. The molecule has 0 aliphatic rings. The highest BCUT2D eigenvalue weighted by Crippen LogP contribution is 2.09. The van der Waals surface area contributed by atoms with Crippen molar-refractivity contribution in [2.75, 3.05) is 7.05 Å². The molecule has 3 amide bonds. The van der Waals surface area contributed by atoms with E-state index in [-0.39, 0.29) is 18.3 Å². The van der Waals surface area contributed by atoms with Crippen molar-refractivity contribution >= 4 is 11.9 Å². The first-order valence-electron chi connectivity index (χ1n) is 9.45. The number of hydrogen-bond acceptors (Lipinski definition) is 3. The smallest absolute Gasteiger partial charge is 0.315 e. The zero-order valence-corrected chi connectivity index (χ0v) is 16.6. The van der Waals surface area contributed by atoms with E-state index in [1.54, 1.807) is 48.3 Å². The second kappa shape index (κ2) is 10.8. The Balaban J connectivity index is 1.91. The van der Waals surface area contributed by atoms with Gasteiger partial charge in [-0.3, -0.25) is 4.79 Å². The summed E-state index contributed by atoms with van der Waals surface area (Å²) in [7, 11) is 1.68.